The van der Waals surface area contributed by atoms with Gasteiger partial charge in [0.25, 0.3) is 11.7 Å². The molecule has 0 saturated carbocycles. The number of Topliss-reactive ketones (excluding diaryl/α,β-unsaturated/α-hetero) is 1. The van der Waals surface area contributed by atoms with E-state index < -0.39 is 17.7 Å². The molecule has 2 heterocycles. The van der Waals surface area contributed by atoms with E-state index in [0.717, 1.165) is 11.1 Å². The Labute approximate surface area is 156 Å². The lowest BCUT2D eigenvalue weighted by Gasteiger charge is -2.32. The molecule has 138 valence electrons. The van der Waals surface area contributed by atoms with Gasteiger partial charge >= 0.3 is 0 Å². The van der Waals surface area contributed by atoms with Crippen LogP contribution in [0.5, 0.6) is 11.5 Å². The average molecular weight is 365 g/mol. The largest absolute Gasteiger partial charge is 0.507 e. The standard InChI is InChI=1S/C21H19NO5/c1-26-15-10-13-8-9-22-18(14(13)11-16(15)27-2)17(20(24)21(22)25)19(23)12-6-4-3-5-7-12/h3-7,10-11,18,23H,8-9H2,1-2H3/b19-17+. The maximum Gasteiger partial charge on any atom is 0.295 e. The number of hydrogen-bond donors (Lipinski definition) is 1. The second-order valence-corrected chi connectivity index (χ2v) is 6.51. The van der Waals surface area contributed by atoms with E-state index in [1.165, 1.54) is 12.0 Å². The van der Waals surface area contributed by atoms with Crippen molar-refractivity contribution in [3.63, 3.8) is 0 Å². The summed E-state index contributed by atoms with van der Waals surface area (Å²) >= 11 is 0. The predicted molar refractivity (Wildman–Crippen MR) is 98.7 cm³/mol. The zero-order chi connectivity index (χ0) is 19.1. The van der Waals surface area contributed by atoms with Gasteiger partial charge in [-0.2, -0.15) is 0 Å². The Hall–Kier alpha value is -3.28. The van der Waals surface area contributed by atoms with Gasteiger partial charge in [-0.3, -0.25) is 9.59 Å². The van der Waals surface area contributed by atoms with Crippen molar-refractivity contribution in [1.29, 1.82) is 0 Å². The second-order valence-electron chi connectivity index (χ2n) is 6.51. The van der Waals surface area contributed by atoms with Crippen molar-refractivity contribution in [2.45, 2.75) is 12.5 Å². The first-order valence-corrected chi connectivity index (χ1v) is 8.65. The fourth-order valence-corrected chi connectivity index (χ4v) is 3.83. The minimum absolute atomic E-state index is 0.111. The molecule has 27 heavy (non-hydrogen) atoms. The molecule has 1 saturated heterocycles. The van der Waals surface area contributed by atoms with Crippen LogP contribution >= 0.6 is 0 Å². The van der Waals surface area contributed by atoms with Crippen LogP contribution in [0.3, 0.4) is 0 Å². The van der Waals surface area contributed by atoms with Crippen LogP contribution in [0.1, 0.15) is 22.7 Å². The van der Waals surface area contributed by atoms with E-state index in [1.807, 2.05) is 12.1 Å². The zero-order valence-corrected chi connectivity index (χ0v) is 15.1. The molecule has 1 fully saturated rings. The molecule has 1 amide bonds. The Bertz CT molecular complexity index is 964. The fraction of sp³-hybridized carbons (Fsp3) is 0.238. The van der Waals surface area contributed by atoms with Crippen molar-refractivity contribution >= 4 is 17.4 Å². The Morgan fingerprint density at radius 2 is 1.74 bits per heavy atom. The van der Waals surface area contributed by atoms with Crippen LogP contribution in [-0.4, -0.2) is 42.5 Å². The van der Waals surface area contributed by atoms with Gasteiger partial charge in [0.05, 0.1) is 25.8 Å². The van der Waals surface area contributed by atoms with Gasteiger partial charge in [-0.05, 0) is 29.7 Å². The molecule has 0 aliphatic carbocycles. The number of carbonyl (C=O) groups excluding carboxylic acids is 2. The Morgan fingerprint density at radius 1 is 1.07 bits per heavy atom. The highest BCUT2D eigenvalue weighted by Gasteiger charge is 2.48. The molecule has 0 aromatic heterocycles. The molecule has 2 aliphatic heterocycles. The number of nitrogens with zero attached hydrogens (tertiary/aromatic N) is 1. The van der Waals surface area contributed by atoms with Crippen molar-refractivity contribution < 1.29 is 24.2 Å². The summed E-state index contributed by atoms with van der Waals surface area (Å²) in [6.45, 7) is 0.406. The maximum atomic E-state index is 12.7. The zero-order valence-electron chi connectivity index (χ0n) is 15.1. The molecule has 0 bridgehead atoms. The molecule has 4 rings (SSSR count). The lowest BCUT2D eigenvalue weighted by atomic mass is 9.88. The number of aliphatic hydroxyl groups is 1. The summed E-state index contributed by atoms with van der Waals surface area (Å²) in [4.78, 5) is 26.8. The lowest BCUT2D eigenvalue weighted by Crippen LogP contribution is -2.35. The van der Waals surface area contributed by atoms with Crippen LogP contribution in [0.4, 0.5) is 0 Å². The molecule has 2 aromatic rings. The van der Waals surface area contributed by atoms with E-state index in [9.17, 15) is 14.7 Å². The number of carbonyl (C=O) groups is 2. The van der Waals surface area contributed by atoms with Crippen molar-refractivity contribution in [1.82, 2.24) is 4.90 Å². The summed E-state index contributed by atoms with van der Waals surface area (Å²) in [6, 6.07) is 11.8. The third-order valence-corrected chi connectivity index (χ3v) is 5.15. The minimum atomic E-state index is -0.663. The predicted octanol–water partition coefficient (Wildman–Crippen LogP) is 2.68. The molecule has 1 unspecified atom stereocenters. The van der Waals surface area contributed by atoms with Gasteiger partial charge < -0.3 is 19.5 Å². The van der Waals surface area contributed by atoms with Gasteiger partial charge in [0.2, 0.25) is 0 Å². The van der Waals surface area contributed by atoms with Crippen LogP contribution in [0, 0.1) is 0 Å². The molecular formula is C21H19NO5. The molecule has 6 nitrogen and oxygen atoms in total. The SMILES string of the molecule is COc1cc2c(cc1OC)C1/C(=C(\O)c3ccccc3)C(=O)C(=O)N1CC2. The van der Waals surface area contributed by atoms with Crippen LogP contribution < -0.4 is 9.47 Å². The highest BCUT2D eigenvalue weighted by Crippen LogP contribution is 2.46. The Kier molecular flexibility index (Phi) is 4.11. The summed E-state index contributed by atoms with van der Waals surface area (Å²) in [5.74, 6) is -0.299. The number of aliphatic hydroxyl groups excluding tert-OH is 1. The third kappa shape index (κ3) is 2.56. The lowest BCUT2D eigenvalue weighted by molar-refractivity contribution is -0.140. The van der Waals surface area contributed by atoms with Crippen molar-refractivity contribution in [3.8, 4) is 11.5 Å². The van der Waals surface area contributed by atoms with E-state index in [0.29, 0.717) is 30.0 Å². The summed E-state index contributed by atoms with van der Waals surface area (Å²) in [7, 11) is 3.10. The van der Waals surface area contributed by atoms with Crippen molar-refractivity contribution in [3.05, 3.63) is 64.7 Å². The van der Waals surface area contributed by atoms with Crippen LogP contribution in [0.15, 0.2) is 48.0 Å². The smallest absolute Gasteiger partial charge is 0.295 e. The van der Waals surface area contributed by atoms with E-state index in [2.05, 4.69) is 0 Å². The highest BCUT2D eigenvalue weighted by atomic mass is 16.5. The number of benzene rings is 2. The first-order chi connectivity index (χ1) is 13.1. The van der Waals surface area contributed by atoms with E-state index in [1.54, 1.807) is 37.4 Å². The van der Waals surface area contributed by atoms with Gasteiger partial charge in [0, 0.05) is 12.1 Å². The van der Waals surface area contributed by atoms with E-state index in [4.69, 9.17) is 9.47 Å². The molecule has 1 N–H and O–H groups in total. The minimum Gasteiger partial charge on any atom is -0.507 e. The maximum absolute atomic E-state index is 12.7. The molecule has 6 heteroatoms. The van der Waals surface area contributed by atoms with Gasteiger partial charge in [-0.15, -0.1) is 0 Å². The van der Waals surface area contributed by atoms with Gasteiger partial charge in [0.15, 0.2) is 11.5 Å². The molecular weight excluding hydrogens is 346 g/mol. The summed E-state index contributed by atoms with van der Waals surface area (Å²) in [5, 5.41) is 10.8. The molecule has 0 spiro atoms. The first-order valence-electron chi connectivity index (χ1n) is 8.65. The summed E-state index contributed by atoms with van der Waals surface area (Å²) < 4.78 is 10.8. The number of rotatable bonds is 3. The Balaban J connectivity index is 1.93. The monoisotopic (exact) mass is 365 g/mol. The van der Waals surface area contributed by atoms with Crippen molar-refractivity contribution in [2.24, 2.45) is 0 Å². The van der Waals surface area contributed by atoms with Crippen LogP contribution in [0.25, 0.3) is 5.76 Å². The number of amides is 1. The fourth-order valence-electron chi connectivity index (χ4n) is 3.83. The van der Waals surface area contributed by atoms with Gasteiger partial charge in [0.1, 0.15) is 5.76 Å². The first kappa shape index (κ1) is 17.1. The number of ketones is 1. The average Bonchev–Trinajstić information content (AvgIpc) is 2.97. The quantitative estimate of drug-likeness (QED) is 0.514. The Morgan fingerprint density at radius 3 is 2.41 bits per heavy atom. The normalized spacial score (nSPS) is 20.2. The highest BCUT2D eigenvalue weighted by molar-refractivity contribution is 6.46. The van der Waals surface area contributed by atoms with E-state index in [-0.39, 0.29) is 11.3 Å². The number of fused-ring (bicyclic) bond motifs is 3. The summed E-state index contributed by atoms with van der Waals surface area (Å²) in [6.07, 6.45) is 0.602. The second kappa shape index (κ2) is 6.46. The number of methoxy groups -OCH3 is 2. The molecule has 2 aromatic carbocycles. The number of ether oxygens (including phenoxy) is 2. The van der Waals surface area contributed by atoms with Crippen molar-refractivity contribution in [2.75, 3.05) is 20.8 Å². The molecule has 1 atom stereocenters. The molecule has 2 aliphatic rings. The molecule has 0 radical (unpaired) electrons. The topological polar surface area (TPSA) is 76.1 Å². The van der Waals surface area contributed by atoms with Gasteiger partial charge in [-0.25, -0.2) is 0 Å². The third-order valence-electron chi connectivity index (χ3n) is 5.15. The summed E-state index contributed by atoms with van der Waals surface area (Å²) in [5.41, 5.74) is 2.35. The van der Waals surface area contributed by atoms with Crippen LogP contribution in [0.2, 0.25) is 0 Å². The van der Waals surface area contributed by atoms with E-state index >= 15 is 0 Å². The van der Waals surface area contributed by atoms with Gasteiger partial charge in [-0.1, -0.05) is 30.3 Å². The number of hydrogen-bond acceptors (Lipinski definition) is 5. The van der Waals surface area contributed by atoms with Crippen LogP contribution in [-0.2, 0) is 16.0 Å².